The number of benzene rings is 2. The Morgan fingerprint density at radius 1 is 1.28 bits per heavy atom. The van der Waals surface area contributed by atoms with E-state index in [4.69, 9.17) is 16.3 Å². The van der Waals surface area contributed by atoms with Gasteiger partial charge in [-0.3, -0.25) is 9.69 Å². The maximum atomic E-state index is 12.9. The molecule has 0 N–H and O–H groups in total. The highest BCUT2D eigenvalue weighted by Gasteiger charge is 2.20. The SMILES string of the molecule is CCN(C(=O)Cc1cc(C)ccc1OC)c1nc2cc(Cl)ccc2s1. The summed E-state index contributed by atoms with van der Waals surface area (Å²) in [6, 6.07) is 11.4. The first-order valence-electron chi connectivity index (χ1n) is 8.01. The molecule has 0 saturated carbocycles. The summed E-state index contributed by atoms with van der Waals surface area (Å²) >= 11 is 7.52. The van der Waals surface area contributed by atoms with E-state index in [9.17, 15) is 4.79 Å². The summed E-state index contributed by atoms with van der Waals surface area (Å²) in [4.78, 5) is 19.2. The minimum Gasteiger partial charge on any atom is -0.496 e. The summed E-state index contributed by atoms with van der Waals surface area (Å²) in [7, 11) is 1.62. The molecule has 0 unspecified atom stereocenters. The molecule has 2 aromatic carbocycles. The number of fused-ring (bicyclic) bond motifs is 1. The Bertz CT molecular complexity index is 923. The van der Waals surface area contributed by atoms with Crippen LogP contribution in [0.4, 0.5) is 5.13 Å². The third-order valence-electron chi connectivity index (χ3n) is 3.96. The number of aryl methyl sites for hydroxylation is 1. The predicted octanol–water partition coefficient (Wildman–Crippen LogP) is 4.86. The minimum atomic E-state index is -0.00319. The van der Waals surface area contributed by atoms with Gasteiger partial charge in [0.1, 0.15) is 5.75 Å². The van der Waals surface area contributed by atoms with Gasteiger partial charge in [-0.05, 0) is 38.1 Å². The maximum absolute atomic E-state index is 12.9. The molecule has 0 bridgehead atoms. The lowest BCUT2D eigenvalue weighted by atomic mass is 10.1. The van der Waals surface area contributed by atoms with E-state index < -0.39 is 0 Å². The maximum Gasteiger partial charge on any atom is 0.233 e. The van der Waals surface area contributed by atoms with Crippen molar-refractivity contribution < 1.29 is 9.53 Å². The molecule has 6 heteroatoms. The molecule has 130 valence electrons. The molecule has 4 nitrogen and oxygen atoms in total. The van der Waals surface area contributed by atoms with E-state index in [0.29, 0.717) is 16.7 Å². The number of nitrogens with zero attached hydrogens (tertiary/aromatic N) is 2. The number of ether oxygens (including phenoxy) is 1. The van der Waals surface area contributed by atoms with E-state index in [1.165, 1.54) is 11.3 Å². The number of amides is 1. The van der Waals surface area contributed by atoms with Crippen LogP contribution >= 0.6 is 22.9 Å². The van der Waals surface area contributed by atoms with Crippen LogP contribution in [0.25, 0.3) is 10.2 Å². The summed E-state index contributed by atoms with van der Waals surface area (Å²) in [5, 5.41) is 1.33. The van der Waals surface area contributed by atoms with Gasteiger partial charge >= 0.3 is 0 Å². The molecule has 1 heterocycles. The predicted molar refractivity (Wildman–Crippen MR) is 104 cm³/mol. The average Bonchev–Trinajstić information content (AvgIpc) is 2.98. The number of hydrogen-bond donors (Lipinski definition) is 0. The second-order valence-corrected chi connectivity index (χ2v) is 7.18. The fourth-order valence-corrected chi connectivity index (χ4v) is 3.92. The van der Waals surface area contributed by atoms with Crippen LogP contribution in [0, 0.1) is 6.92 Å². The Balaban J connectivity index is 1.89. The number of thiazole rings is 1. The number of halogens is 1. The second kappa shape index (κ2) is 7.42. The van der Waals surface area contributed by atoms with Crippen molar-refractivity contribution in [3.63, 3.8) is 0 Å². The Labute approximate surface area is 156 Å². The fraction of sp³-hybridized carbons (Fsp3) is 0.263. The van der Waals surface area contributed by atoms with Crippen LogP contribution in [-0.2, 0) is 11.2 Å². The summed E-state index contributed by atoms with van der Waals surface area (Å²) < 4.78 is 6.40. The summed E-state index contributed by atoms with van der Waals surface area (Å²) in [6.45, 7) is 4.51. The van der Waals surface area contributed by atoms with Crippen molar-refractivity contribution in [1.29, 1.82) is 0 Å². The van der Waals surface area contributed by atoms with Crippen LogP contribution in [0.2, 0.25) is 5.02 Å². The summed E-state index contributed by atoms with van der Waals surface area (Å²) in [6.07, 6.45) is 0.273. The zero-order valence-corrected chi connectivity index (χ0v) is 15.9. The largest absolute Gasteiger partial charge is 0.496 e. The van der Waals surface area contributed by atoms with Crippen LogP contribution in [0.15, 0.2) is 36.4 Å². The summed E-state index contributed by atoms with van der Waals surface area (Å²) in [5.74, 6) is 0.725. The van der Waals surface area contributed by atoms with Crippen LogP contribution < -0.4 is 9.64 Å². The molecular weight excluding hydrogens is 356 g/mol. The highest BCUT2D eigenvalue weighted by Crippen LogP contribution is 2.31. The highest BCUT2D eigenvalue weighted by molar-refractivity contribution is 7.22. The number of likely N-dealkylation sites (N-methyl/N-ethyl adjacent to an activating group) is 1. The van der Waals surface area contributed by atoms with Crippen molar-refractivity contribution in [2.24, 2.45) is 0 Å². The molecule has 25 heavy (non-hydrogen) atoms. The fourth-order valence-electron chi connectivity index (χ4n) is 2.73. The van der Waals surface area contributed by atoms with Gasteiger partial charge in [-0.1, -0.05) is 40.6 Å². The number of aromatic nitrogens is 1. The molecule has 3 rings (SSSR count). The molecule has 0 aliphatic carbocycles. The Morgan fingerprint density at radius 3 is 2.80 bits per heavy atom. The van der Waals surface area contributed by atoms with Crippen molar-refractivity contribution in [3.05, 3.63) is 52.5 Å². The Hall–Kier alpha value is -2.11. The molecule has 0 spiro atoms. The van der Waals surface area contributed by atoms with E-state index in [0.717, 1.165) is 27.1 Å². The smallest absolute Gasteiger partial charge is 0.233 e. The highest BCUT2D eigenvalue weighted by atomic mass is 35.5. The molecule has 1 amide bonds. The van der Waals surface area contributed by atoms with Crippen molar-refractivity contribution in [2.75, 3.05) is 18.6 Å². The number of carbonyl (C=O) groups is 1. The average molecular weight is 375 g/mol. The number of hydrogen-bond acceptors (Lipinski definition) is 4. The van der Waals surface area contributed by atoms with Crippen molar-refractivity contribution in [3.8, 4) is 5.75 Å². The molecule has 1 aromatic heterocycles. The summed E-state index contributed by atoms with van der Waals surface area (Å²) in [5.41, 5.74) is 2.79. The Morgan fingerprint density at radius 2 is 2.08 bits per heavy atom. The van der Waals surface area contributed by atoms with Gasteiger partial charge in [0.2, 0.25) is 5.91 Å². The first-order valence-corrected chi connectivity index (χ1v) is 9.21. The first-order chi connectivity index (χ1) is 12.0. The lowest BCUT2D eigenvalue weighted by Crippen LogP contribution is -2.32. The zero-order valence-electron chi connectivity index (χ0n) is 14.4. The topological polar surface area (TPSA) is 42.4 Å². The van der Waals surface area contributed by atoms with Gasteiger partial charge in [0, 0.05) is 17.1 Å². The van der Waals surface area contributed by atoms with E-state index in [-0.39, 0.29) is 12.3 Å². The molecule has 0 aliphatic heterocycles. The third kappa shape index (κ3) is 3.78. The van der Waals surface area contributed by atoms with Crippen molar-refractivity contribution in [2.45, 2.75) is 20.3 Å². The zero-order chi connectivity index (χ0) is 18.0. The van der Waals surface area contributed by atoms with Crippen LogP contribution in [0.1, 0.15) is 18.1 Å². The van der Waals surface area contributed by atoms with E-state index >= 15 is 0 Å². The lowest BCUT2D eigenvalue weighted by Gasteiger charge is -2.18. The third-order valence-corrected chi connectivity index (χ3v) is 5.26. The molecule has 3 aromatic rings. The number of rotatable bonds is 5. The standard InChI is InChI=1S/C19H19ClN2O2S/c1-4-22(19-21-15-11-14(20)6-8-17(15)25-19)18(23)10-13-9-12(2)5-7-16(13)24-3/h5-9,11H,4,10H2,1-3H3. The van der Waals surface area contributed by atoms with Crippen molar-refractivity contribution in [1.82, 2.24) is 4.98 Å². The van der Waals surface area contributed by atoms with E-state index in [1.807, 2.05) is 50.2 Å². The normalized spacial score (nSPS) is 10.9. The monoisotopic (exact) mass is 374 g/mol. The minimum absolute atomic E-state index is 0.00319. The van der Waals surface area contributed by atoms with Gasteiger partial charge in [-0.2, -0.15) is 0 Å². The lowest BCUT2D eigenvalue weighted by molar-refractivity contribution is -0.117. The Kier molecular flexibility index (Phi) is 5.25. The molecule has 0 radical (unpaired) electrons. The number of carbonyl (C=O) groups excluding carboxylic acids is 1. The number of methoxy groups -OCH3 is 1. The van der Waals surface area contributed by atoms with E-state index in [1.54, 1.807) is 12.0 Å². The quantitative estimate of drug-likeness (QED) is 0.640. The molecule has 0 saturated heterocycles. The van der Waals surface area contributed by atoms with Crippen LogP contribution in [-0.4, -0.2) is 24.5 Å². The van der Waals surface area contributed by atoms with E-state index in [2.05, 4.69) is 4.98 Å². The van der Waals surface area contributed by atoms with Gasteiger partial charge in [0.05, 0.1) is 23.7 Å². The number of anilines is 1. The van der Waals surface area contributed by atoms with Gasteiger partial charge in [0.15, 0.2) is 5.13 Å². The van der Waals surface area contributed by atoms with Crippen LogP contribution in [0.5, 0.6) is 5.75 Å². The van der Waals surface area contributed by atoms with Gasteiger partial charge < -0.3 is 4.74 Å². The first kappa shape index (κ1) is 17.7. The molecule has 0 fully saturated rings. The molecule has 0 atom stereocenters. The van der Waals surface area contributed by atoms with Gasteiger partial charge in [-0.15, -0.1) is 0 Å². The molecule has 0 aliphatic rings. The second-order valence-electron chi connectivity index (χ2n) is 5.74. The van der Waals surface area contributed by atoms with Crippen molar-refractivity contribution >= 4 is 44.2 Å². The van der Waals surface area contributed by atoms with Gasteiger partial charge in [0.25, 0.3) is 0 Å². The van der Waals surface area contributed by atoms with Crippen LogP contribution in [0.3, 0.4) is 0 Å². The van der Waals surface area contributed by atoms with Gasteiger partial charge in [-0.25, -0.2) is 4.98 Å². The molecular formula is C19H19ClN2O2S.